The molecule has 1 aromatic carbocycles. The summed E-state index contributed by atoms with van der Waals surface area (Å²) in [6.07, 6.45) is 6.32. The van der Waals surface area contributed by atoms with Crippen LogP contribution in [0.15, 0.2) is 42.9 Å². The van der Waals surface area contributed by atoms with Crippen LogP contribution in [-0.4, -0.2) is 63.9 Å². The van der Waals surface area contributed by atoms with Gasteiger partial charge in [0.15, 0.2) is 5.82 Å². The van der Waals surface area contributed by atoms with Gasteiger partial charge in [0.05, 0.1) is 36.7 Å². The summed E-state index contributed by atoms with van der Waals surface area (Å²) < 4.78 is 13.4. The molecular weight excluding hydrogens is 392 g/mol. The van der Waals surface area contributed by atoms with Crippen LogP contribution in [0.2, 0.25) is 5.15 Å². The van der Waals surface area contributed by atoms with E-state index in [0.29, 0.717) is 41.8 Å². The predicted molar refractivity (Wildman–Crippen MR) is 108 cm³/mol. The van der Waals surface area contributed by atoms with E-state index in [1.807, 2.05) is 28.8 Å². The number of benzene rings is 1. The molecule has 29 heavy (non-hydrogen) atoms. The lowest BCUT2D eigenvalue weighted by Gasteiger charge is -2.46. The second-order valence-corrected chi connectivity index (χ2v) is 8.02. The number of morpholine rings is 1. The average molecular weight is 413 g/mol. The molecule has 2 fully saturated rings. The molecule has 0 amide bonds. The number of carbonyl (C=O) groups is 1. The van der Waals surface area contributed by atoms with Crippen molar-refractivity contribution in [1.29, 1.82) is 0 Å². The highest BCUT2D eigenvalue weighted by atomic mass is 35.5. The number of nitrogens with zero attached hydrogens (tertiary/aromatic N) is 4. The molecule has 2 aliphatic rings. The molecule has 2 unspecified atom stereocenters. The number of esters is 1. The summed E-state index contributed by atoms with van der Waals surface area (Å²) in [6.45, 7) is 1.38. The van der Waals surface area contributed by atoms with Gasteiger partial charge in [0.25, 0.3) is 0 Å². The van der Waals surface area contributed by atoms with Crippen LogP contribution in [0.3, 0.4) is 0 Å². The smallest absolute Gasteiger partial charge is 0.340 e. The Morgan fingerprint density at radius 2 is 1.93 bits per heavy atom. The van der Waals surface area contributed by atoms with Gasteiger partial charge in [-0.3, -0.25) is 9.47 Å². The monoisotopic (exact) mass is 412 g/mol. The lowest BCUT2D eigenvalue weighted by Crippen LogP contribution is -2.56. The standard InChI is InChI=1S/C21H21ClN4O3/c1-25-13-6-15(7-14(25)12-28-11-13)29-21(27)17-10-26(18-5-3-2-4-16(17)18)20-9-23-19(22)8-24-20/h2-5,8-10,13-15H,6-7,11-12H2,1H3. The number of carbonyl (C=O) groups excluding carboxylic acids is 1. The third-order valence-electron chi connectivity index (χ3n) is 5.90. The zero-order chi connectivity index (χ0) is 20.0. The second kappa shape index (κ2) is 7.40. The van der Waals surface area contributed by atoms with Crippen molar-refractivity contribution in [3.8, 4) is 5.82 Å². The van der Waals surface area contributed by atoms with Gasteiger partial charge in [-0.25, -0.2) is 14.8 Å². The van der Waals surface area contributed by atoms with Crippen LogP contribution < -0.4 is 0 Å². The average Bonchev–Trinajstić information content (AvgIpc) is 3.09. The first-order chi connectivity index (χ1) is 14.1. The Kier molecular flexibility index (Phi) is 4.73. The number of halogens is 1. The topological polar surface area (TPSA) is 69.5 Å². The maximum Gasteiger partial charge on any atom is 0.340 e. The van der Waals surface area contributed by atoms with Crippen LogP contribution in [0.25, 0.3) is 16.7 Å². The Morgan fingerprint density at radius 3 is 2.66 bits per heavy atom. The van der Waals surface area contributed by atoms with Crippen LogP contribution in [0, 0.1) is 0 Å². The maximum absolute atomic E-state index is 13.1. The molecule has 0 aliphatic carbocycles. The number of aromatic nitrogens is 3. The summed E-state index contributed by atoms with van der Waals surface area (Å²) in [5, 5.41) is 1.15. The fraction of sp³-hybridized carbons (Fsp3) is 0.381. The van der Waals surface area contributed by atoms with Gasteiger partial charge in [-0.05, 0) is 13.1 Å². The van der Waals surface area contributed by atoms with Crippen molar-refractivity contribution in [2.24, 2.45) is 0 Å². The van der Waals surface area contributed by atoms with Gasteiger partial charge in [0, 0.05) is 36.5 Å². The van der Waals surface area contributed by atoms with E-state index in [4.69, 9.17) is 21.1 Å². The number of hydrogen-bond acceptors (Lipinski definition) is 6. The van der Waals surface area contributed by atoms with Crippen molar-refractivity contribution in [3.63, 3.8) is 0 Å². The SMILES string of the molecule is CN1C2COCC1CC(OC(=O)c1cn(-c3cnc(Cl)cn3)c3ccccc13)C2. The zero-order valence-electron chi connectivity index (χ0n) is 16.0. The Hall–Kier alpha value is -2.48. The van der Waals surface area contributed by atoms with Gasteiger partial charge >= 0.3 is 5.97 Å². The highest BCUT2D eigenvalue weighted by Gasteiger charge is 2.38. The van der Waals surface area contributed by atoms with Crippen LogP contribution in [0.5, 0.6) is 0 Å². The van der Waals surface area contributed by atoms with Gasteiger partial charge in [0.2, 0.25) is 0 Å². The molecule has 3 aromatic rings. The molecule has 5 rings (SSSR count). The number of likely N-dealkylation sites (N-methyl/N-ethyl adjacent to an activating group) is 1. The van der Waals surface area contributed by atoms with Gasteiger partial charge in [-0.2, -0.15) is 0 Å². The first-order valence-electron chi connectivity index (χ1n) is 9.69. The Balaban J connectivity index is 1.44. The lowest BCUT2D eigenvalue weighted by atomic mass is 9.92. The fourth-order valence-electron chi connectivity index (χ4n) is 4.32. The fourth-order valence-corrected chi connectivity index (χ4v) is 4.42. The van der Waals surface area contributed by atoms with Crippen molar-refractivity contribution in [2.45, 2.75) is 31.0 Å². The van der Waals surface area contributed by atoms with Crippen LogP contribution in [0.4, 0.5) is 0 Å². The molecule has 2 aliphatic heterocycles. The summed E-state index contributed by atoms with van der Waals surface area (Å²) in [4.78, 5) is 23.9. The minimum atomic E-state index is -0.310. The van der Waals surface area contributed by atoms with Crippen LogP contribution >= 0.6 is 11.6 Å². The van der Waals surface area contributed by atoms with E-state index >= 15 is 0 Å². The first-order valence-corrected chi connectivity index (χ1v) is 10.1. The van der Waals surface area contributed by atoms with Crippen molar-refractivity contribution in [1.82, 2.24) is 19.4 Å². The number of ether oxygens (including phenoxy) is 2. The minimum absolute atomic E-state index is 0.102. The summed E-state index contributed by atoms with van der Waals surface area (Å²) in [5.41, 5.74) is 1.39. The Labute approximate surface area is 173 Å². The summed E-state index contributed by atoms with van der Waals surface area (Å²) >= 11 is 5.86. The van der Waals surface area contributed by atoms with E-state index in [2.05, 4.69) is 21.9 Å². The number of rotatable bonds is 3. The van der Waals surface area contributed by atoms with Gasteiger partial charge < -0.3 is 9.47 Å². The summed E-state index contributed by atoms with van der Waals surface area (Å²) in [5.74, 6) is 0.283. The number of para-hydroxylation sites is 1. The molecule has 0 radical (unpaired) electrons. The Morgan fingerprint density at radius 1 is 1.17 bits per heavy atom. The number of piperidine rings is 1. The second-order valence-electron chi connectivity index (χ2n) is 7.64. The summed E-state index contributed by atoms with van der Waals surface area (Å²) in [7, 11) is 2.12. The maximum atomic E-state index is 13.1. The van der Waals surface area contributed by atoms with E-state index in [9.17, 15) is 4.79 Å². The van der Waals surface area contributed by atoms with Crippen molar-refractivity contribution < 1.29 is 14.3 Å². The molecule has 8 heteroatoms. The molecule has 2 atom stereocenters. The molecule has 150 valence electrons. The van der Waals surface area contributed by atoms with Gasteiger partial charge in [0.1, 0.15) is 11.3 Å². The summed E-state index contributed by atoms with van der Waals surface area (Å²) in [6, 6.07) is 8.30. The lowest BCUT2D eigenvalue weighted by molar-refractivity contribution is -0.0970. The molecule has 4 heterocycles. The van der Waals surface area contributed by atoms with E-state index in [0.717, 1.165) is 23.7 Å². The van der Waals surface area contributed by atoms with E-state index in [1.54, 1.807) is 12.4 Å². The van der Waals surface area contributed by atoms with Crippen LogP contribution in [-0.2, 0) is 9.47 Å². The van der Waals surface area contributed by atoms with E-state index in [-0.39, 0.29) is 12.1 Å². The van der Waals surface area contributed by atoms with Crippen molar-refractivity contribution >= 4 is 28.5 Å². The molecule has 2 saturated heterocycles. The van der Waals surface area contributed by atoms with Crippen LogP contribution in [0.1, 0.15) is 23.2 Å². The minimum Gasteiger partial charge on any atom is -0.459 e. The molecule has 0 spiro atoms. The van der Waals surface area contributed by atoms with E-state index < -0.39 is 0 Å². The number of fused-ring (bicyclic) bond motifs is 3. The normalized spacial score (nSPS) is 24.6. The quantitative estimate of drug-likeness (QED) is 0.616. The zero-order valence-corrected chi connectivity index (χ0v) is 16.7. The van der Waals surface area contributed by atoms with Gasteiger partial charge in [-0.1, -0.05) is 29.8 Å². The highest BCUT2D eigenvalue weighted by molar-refractivity contribution is 6.29. The third kappa shape index (κ3) is 3.39. The Bertz CT molecular complexity index is 1040. The number of hydrogen-bond donors (Lipinski definition) is 0. The molecule has 0 N–H and O–H groups in total. The molecule has 2 bridgehead atoms. The van der Waals surface area contributed by atoms with Gasteiger partial charge in [-0.15, -0.1) is 0 Å². The highest BCUT2D eigenvalue weighted by Crippen LogP contribution is 2.30. The molecule has 7 nitrogen and oxygen atoms in total. The third-order valence-corrected chi connectivity index (χ3v) is 6.10. The van der Waals surface area contributed by atoms with Crippen molar-refractivity contribution in [3.05, 3.63) is 53.6 Å². The molecular formula is C21H21ClN4O3. The molecule has 0 saturated carbocycles. The van der Waals surface area contributed by atoms with Crippen molar-refractivity contribution in [2.75, 3.05) is 20.3 Å². The molecule has 2 aromatic heterocycles. The first kappa shape index (κ1) is 18.5. The predicted octanol–water partition coefficient (Wildman–Crippen LogP) is 3.09. The van der Waals surface area contributed by atoms with E-state index in [1.165, 1.54) is 6.20 Å². The largest absolute Gasteiger partial charge is 0.459 e.